The molecule has 0 spiro atoms. The van der Waals surface area contributed by atoms with Crippen molar-refractivity contribution < 1.29 is 17.9 Å². The van der Waals surface area contributed by atoms with E-state index in [1.54, 1.807) is 24.3 Å². The number of carbonyl (C=O) groups is 1. The van der Waals surface area contributed by atoms with Crippen molar-refractivity contribution in [3.05, 3.63) is 95.6 Å². The fraction of sp³-hybridized carbons (Fsp3) is 0.208. The first-order valence-electron chi connectivity index (χ1n) is 9.81. The van der Waals surface area contributed by atoms with Crippen LogP contribution in [-0.4, -0.2) is 34.2 Å². The van der Waals surface area contributed by atoms with Crippen molar-refractivity contribution in [1.29, 1.82) is 0 Å². The predicted molar refractivity (Wildman–Crippen MR) is 123 cm³/mol. The molecule has 31 heavy (non-hydrogen) atoms. The van der Waals surface area contributed by atoms with E-state index in [1.807, 2.05) is 55.5 Å². The Labute approximate surface area is 183 Å². The number of hydrogen-bond donors (Lipinski definition) is 1. The molecule has 3 aromatic carbocycles. The van der Waals surface area contributed by atoms with Crippen LogP contribution in [-0.2, 0) is 14.8 Å². The third-order valence-corrected chi connectivity index (χ3v) is 6.09. The van der Waals surface area contributed by atoms with Gasteiger partial charge in [-0.05, 0) is 42.3 Å². The molecule has 3 rings (SSSR count). The van der Waals surface area contributed by atoms with E-state index < -0.39 is 10.0 Å². The number of nitrogens with one attached hydrogen (secondary N) is 1. The van der Waals surface area contributed by atoms with Crippen molar-refractivity contribution in [3.8, 4) is 5.75 Å². The molecule has 1 N–H and O–H groups in total. The maximum Gasteiger partial charge on any atom is 0.258 e. The van der Waals surface area contributed by atoms with E-state index in [2.05, 4.69) is 11.4 Å². The zero-order valence-corrected chi connectivity index (χ0v) is 18.6. The Hall–Kier alpha value is -3.32. The molecule has 3 aromatic rings. The molecule has 162 valence electrons. The lowest BCUT2D eigenvalue weighted by Crippen LogP contribution is -2.33. The Kier molecular flexibility index (Phi) is 6.97. The van der Waals surface area contributed by atoms with Crippen molar-refractivity contribution >= 4 is 21.6 Å². The fourth-order valence-corrected chi connectivity index (χ4v) is 3.65. The predicted octanol–water partition coefficient (Wildman–Crippen LogP) is 3.68. The van der Waals surface area contributed by atoms with Crippen LogP contribution in [0.4, 0.5) is 5.69 Å². The standard InChI is InChI=1S/C24H26N2O4S/c1-18-8-7-11-20(16-18)24(19-9-5-4-6-10-19)25-23(27)17-30-22-14-12-21(13-15-22)26(2)31(3,28)29/h4-16,24H,17H2,1-3H3,(H,25,27)/t24-/m1/s1. The first kappa shape index (κ1) is 22.4. The van der Waals surface area contributed by atoms with Gasteiger partial charge in [0.15, 0.2) is 6.61 Å². The van der Waals surface area contributed by atoms with Crippen molar-refractivity contribution in [2.45, 2.75) is 13.0 Å². The highest BCUT2D eigenvalue weighted by Gasteiger charge is 2.17. The summed E-state index contributed by atoms with van der Waals surface area (Å²) in [4.78, 5) is 12.6. The number of amides is 1. The lowest BCUT2D eigenvalue weighted by molar-refractivity contribution is -0.123. The average Bonchev–Trinajstić information content (AvgIpc) is 2.76. The number of nitrogens with zero attached hydrogens (tertiary/aromatic N) is 1. The molecule has 1 atom stereocenters. The van der Waals surface area contributed by atoms with Crippen LogP contribution in [0.2, 0.25) is 0 Å². The number of hydrogen-bond acceptors (Lipinski definition) is 4. The fourth-order valence-electron chi connectivity index (χ4n) is 3.15. The Balaban J connectivity index is 1.68. The smallest absolute Gasteiger partial charge is 0.258 e. The molecule has 0 aliphatic heterocycles. The topological polar surface area (TPSA) is 75.7 Å². The second kappa shape index (κ2) is 9.66. The van der Waals surface area contributed by atoms with Gasteiger partial charge in [0.05, 0.1) is 18.0 Å². The summed E-state index contributed by atoms with van der Waals surface area (Å²) in [7, 11) is -1.86. The molecule has 7 heteroatoms. The molecule has 0 fully saturated rings. The van der Waals surface area contributed by atoms with Crippen LogP contribution in [0.1, 0.15) is 22.7 Å². The molecule has 0 heterocycles. The van der Waals surface area contributed by atoms with Gasteiger partial charge in [0.2, 0.25) is 10.0 Å². The van der Waals surface area contributed by atoms with Crippen LogP contribution in [0, 0.1) is 6.92 Å². The van der Waals surface area contributed by atoms with E-state index in [-0.39, 0.29) is 18.6 Å². The molecular weight excluding hydrogens is 412 g/mol. The maximum absolute atomic E-state index is 12.6. The first-order chi connectivity index (χ1) is 14.7. The van der Waals surface area contributed by atoms with Gasteiger partial charge < -0.3 is 10.1 Å². The summed E-state index contributed by atoms with van der Waals surface area (Å²) in [5.74, 6) is 0.223. The summed E-state index contributed by atoms with van der Waals surface area (Å²) < 4.78 is 30.0. The average molecular weight is 439 g/mol. The minimum Gasteiger partial charge on any atom is -0.484 e. The van der Waals surface area contributed by atoms with Gasteiger partial charge in [-0.15, -0.1) is 0 Å². The lowest BCUT2D eigenvalue weighted by Gasteiger charge is -2.20. The lowest BCUT2D eigenvalue weighted by atomic mass is 9.97. The molecule has 0 aromatic heterocycles. The van der Waals surface area contributed by atoms with Crippen molar-refractivity contribution in [3.63, 3.8) is 0 Å². The van der Waals surface area contributed by atoms with E-state index in [1.165, 1.54) is 11.4 Å². The van der Waals surface area contributed by atoms with Gasteiger partial charge in [0.25, 0.3) is 5.91 Å². The second-order valence-electron chi connectivity index (χ2n) is 7.34. The van der Waals surface area contributed by atoms with E-state index in [4.69, 9.17) is 4.74 Å². The van der Waals surface area contributed by atoms with Crippen molar-refractivity contribution in [2.24, 2.45) is 0 Å². The molecule has 1 amide bonds. The van der Waals surface area contributed by atoms with Crippen molar-refractivity contribution in [2.75, 3.05) is 24.2 Å². The SMILES string of the molecule is Cc1cccc([C@H](NC(=O)COc2ccc(N(C)S(C)(=O)=O)cc2)c2ccccc2)c1. The van der Waals surface area contributed by atoms with E-state index >= 15 is 0 Å². The normalized spacial score (nSPS) is 12.1. The van der Waals surface area contributed by atoms with Gasteiger partial charge in [-0.2, -0.15) is 0 Å². The van der Waals surface area contributed by atoms with Gasteiger partial charge in [-0.1, -0.05) is 60.2 Å². The molecule has 0 unspecified atom stereocenters. The van der Waals surface area contributed by atoms with Crippen LogP contribution < -0.4 is 14.4 Å². The summed E-state index contributed by atoms with van der Waals surface area (Å²) in [5.41, 5.74) is 3.60. The largest absolute Gasteiger partial charge is 0.484 e. The Bertz CT molecular complexity index is 1130. The maximum atomic E-state index is 12.6. The molecule has 6 nitrogen and oxygen atoms in total. The summed E-state index contributed by atoms with van der Waals surface area (Å²) in [6.45, 7) is 1.86. The number of rotatable bonds is 8. The number of sulfonamides is 1. The summed E-state index contributed by atoms with van der Waals surface area (Å²) in [5, 5.41) is 3.05. The second-order valence-corrected chi connectivity index (χ2v) is 9.35. The summed E-state index contributed by atoms with van der Waals surface area (Å²) in [6, 6.07) is 24.1. The monoisotopic (exact) mass is 438 g/mol. The van der Waals surface area contributed by atoms with Gasteiger partial charge in [0, 0.05) is 7.05 Å². The number of carbonyl (C=O) groups excluding carboxylic acids is 1. The molecular formula is C24H26N2O4S. The molecule has 0 saturated heterocycles. The van der Waals surface area contributed by atoms with Gasteiger partial charge >= 0.3 is 0 Å². The van der Waals surface area contributed by atoms with E-state index in [9.17, 15) is 13.2 Å². The van der Waals surface area contributed by atoms with Crippen LogP contribution >= 0.6 is 0 Å². The number of anilines is 1. The highest BCUT2D eigenvalue weighted by atomic mass is 32.2. The van der Waals surface area contributed by atoms with Gasteiger partial charge in [-0.25, -0.2) is 8.42 Å². The minimum atomic E-state index is -3.34. The highest BCUT2D eigenvalue weighted by molar-refractivity contribution is 7.92. The van der Waals surface area contributed by atoms with E-state index in [0.717, 1.165) is 22.9 Å². The van der Waals surface area contributed by atoms with Gasteiger partial charge in [0.1, 0.15) is 5.75 Å². The van der Waals surface area contributed by atoms with Crippen LogP contribution in [0.5, 0.6) is 5.75 Å². The molecule has 0 saturated carbocycles. The Morgan fingerprint density at radius 2 is 1.61 bits per heavy atom. The molecule has 0 bridgehead atoms. The van der Waals surface area contributed by atoms with Crippen molar-refractivity contribution in [1.82, 2.24) is 5.32 Å². The Morgan fingerprint density at radius 1 is 0.968 bits per heavy atom. The third kappa shape index (κ3) is 6.08. The molecule has 0 radical (unpaired) electrons. The number of ether oxygens (including phenoxy) is 1. The summed E-state index contributed by atoms with van der Waals surface area (Å²) >= 11 is 0. The van der Waals surface area contributed by atoms with E-state index in [0.29, 0.717) is 11.4 Å². The highest BCUT2D eigenvalue weighted by Crippen LogP contribution is 2.23. The molecule has 0 aliphatic carbocycles. The summed E-state index contributed by atoms with van der Waals surface area (Å²) in [6.07, 6.45) is 1.14. The zero-order chi connectivity index (χ0) is 22.4. The molecule has 0 aliphatic rings. The van der Waals surface area contributed by atoms with Crippen LogP contribution in [0.15, 0.2) is 78.9 Å². The quantitative estimate of drug-likeness (QED) is 0.582. The number of benzene rings is 3. The number of aryl methyl sites for hydroxylation is 1. The minimum absolute atomic E-state index is 0.156. The Morgan fingerprint density at radius 3 is 2.23 bits per heavy atom. The van der Waals surface area contributed by atoms with Crippen LogP contribution in [0.3, 0.4) is 0 Å². The van der Waals surface area contributed by atoms with Gasteiger partial charge in [-0.3, -0.25) is 9.10 Å². The zero-order valence-electron chi connectivity index (χ0n) is 17.8. The van der Waals surface area contributed by atoms with Crippen LogP contribution in [0.25, 0.3) is 0 Å². The first-order valence-corrected chi connectivity index (χ1v) is 11.7. The third-order valence-electron chi connectivity index (χ3n) is 4.88.